The minimum atomic E-state index is 0.0249. The molecular formula is C11H20N2O. The van der Waals surface area contributed by atoms with Crippen molar-refractivity contribution >= 4 is 0 Å². The van der Waals surface area contributed by atoms with Crippen LogP contribution in [-0.2, 0) is 5.54 Å². The van der Waals surface area contributed by atoms with Gasteiger partial charge in [-0.15, -0.1) is 5.10 Å². The molecule has 0 saturated heterocycles. The molecule has 3 nitrogen and oxygen atoms in total. The summed E-state index contributed by atoms with van der Waals surface area (Å²) in [4.78, 5) is 0. The molecule has 3 heteroatoms. The molecule has 0 aliphatic heterocycles. The third-order valence-electron chi connectivity index (χ3n) is 2.15. The highest BCUT2D eigenvalue weighted by molar-refractivity contribution is 5.07. The summed E-state index contributed by atoms with van der Waals surface area (Å²) in [7, 11) is 0. The normalized spacial score (nSPS) is 14.1. The molecule has 1 rings (SSSR count). The second kappa shape index (κ2) is 4.03. The molecule has 0 aliphatic rings. The van der Waals surface area contributed by atoms with Crippen molar-refractivity contribution in [2.24, 2.45) is 0 Å². The Hall–Kier alpha value is -0.990. The zero-order valence-electron chi connectivity index (χ0n) is 9.74. The van der Waals surface area contributed by atoms with Crippen LogP contribution in [0.3, 0.4) is 0 Å². The fourth-order valence-electron chi connectivity index (χ4n) is 1.03. The standard InChI is InChI=1S/C11H20N2O/c1-6-9(2)14-10-7-8-13(12-10)11(3,4)5/h7-9H,6H2,1-5H3. The van der Waals surface area contributed by atoms with Gasteiger partial charge in [-0.05, 0) is 34.1 Å². The van der Waals surface area contributed by atoms with Crippen LogP contribution in [0.2, 0.25) is 0 Å². The average molecular weight is 196 g/mol. The lowest BCUT2D eigenvalue weighted by atomic mass is 10.1. The Morgan fingerprint density at radius 2 is 2.14 bits per heavy atom. The third-order valence-corrected chi connectivity index (χ3v) is 2.15. The van der Waals surface area contributed by atoms with Crippen LogP contribution >= 0.6 is 0 Å². The smallest absolute Gasteiger partial charge is 0.232 e. The molecule has 0 aromatic carbocycles. The van der Waals surface area contributed by atoms with E-state index in [4.69, 9.17) is 4.74 Å². The molecule has 1 aromatic rings. The zero-order chi connectivity index (χ0) is 10.8. The van der Waals surface area contributed by atoms with E-state index < -0.39 is 0 Å². The van der Waals surface area contributed by atoms with Crippen molar-refractivity contribution in [2.45, 2.75) is 52.7 Å². The molecule has 1 aromatic heterocycles. The summed E-state index contributed by atoms with van der Waals surface area (Å²) in [5.74, 6) is 0.717. The molecule has 1 atom stereocenters. The van der Waals surface area contributed by atoms with E-state index in [0.29, 0.717) is 5.88 Å². The molecule has 0 saturated carbocycles. The topological polar surface area (TPSA) is 27.1 Å². The molecule has 0 amide bonds. The highest BCUT2D eigenvalue weighted by Crippen LogP contribution is 2.17. The number of ether oxygens (including phenoxy) is 1. The van der Waals surface area contributed by atoms with Crippen molar-refractivity contribution in [3.63, 3.8) is 0 Å². The lowest BCUT2D eigenvalue weighted by Gasteiger charge is -2.18. The van der Waals surface area contributed by atoms with E-state index >= 15 is 0 Å². The molecule has 1 unspecified atom stereocenters. The van der Waals surface area contributed by atoms with Gasteiger partial charge in [0.2, 0.25) is 5.88 Å². The Morgan fingerprint density at radius 1 is 1.50 bits per heavy atom. The largest absolute Gasteiger partial charge is 0.474 e. The first kappa shape index (κ1) is 11.1. The monoisotopic (exact) mass is 196 g/mol. The SMILES string of the molecule is CCC(C)Oc1ccn(C(C)(C)C)n1. The van der Waals surface area contributed by atoms with Crippen LogP contribution in [0.15, 0.2) is 12.3 Å². The van der Waals surface area contributed by atoms with Crippen LogP contribution in [0.1, 0.15) is 41.0 Å². The molecule has 0 bridgehead atoms. The fraction of sp³-hybridized carbons (Fsp3) is 0.727. The Morgan fingerprint density at radius 3 is 2.57 bits per heavy atom. The van der Waals surface area contributed by atoms with Gasteiger partial charge in [-0.1, -0.05) is 6.92 Å². The summed E-state index contributed by atoms with van der Waals surface area (Å²) in [6, 6.07) is 1.91. The fourth-order valence-corrected chi connectivity index (χ4v) is 1.03. The quantitative estimate of drug-likeness (QED) is 0.743. The molecule has 0 spiro atoms. The molecule has 14 heavy (non-hydrogen) atoms. The van der Waals surface area contributed by atoms with Crippen molar-refractivity contribution in [3.05, 3.63) is 12.3 Å². The van der Waals surface area contributed by atoms with Gasteiger partial charge >= 0.3 is 0 Å². The highest BCUT2D eigenvalue weighted by Gasteiger charge is 2.14. The minimum Gasteiger partial charge on any atom is -0.474 e. The van der Waals surface area contributed by atoms with Crippen LogP contribution in [-0.4, -0.2) is 15.9 Å². The minimum absolute atomic E-state index is 0.0249. The highest BCUT2D eigenvalue weighted by atomic mass is 16.5. The number of hydrogen-bond donors (Lipinski definition) is 0. The van der Waals surface area contributed by atoms with Gasteiger partial charge in [0.15, 0.2) is 0 Å². The molecule has 80 valence electrons. The molecule has 0 radical (unpaired) electrons. The Kier molecular flexibility index (Phi) is 3.19. The van der Waals surface area contributed by atoms with Crippen LogP contribution < -0.4 is 4.74 Å². The summed E-state index contributed by atoms with van der Waals surface area (Å²) in [5, 5.41) is 4.36. The van der Waals surface area contributed by atoms with Crippen molar-refractivity contribution in [1.82, 2.24) is 9.78 Å². The molecular weight excluding hydrogens is 176 g/mol. The lowest BCUT2D eigenvalue weighted by molar-refractivity contribution is 0.202. The van der Waals surface area contributed by atoms with E-state index in [1.54, 1.807) is 0 Å². The summed E-state index contributed by atoms with van der Waals surface area (Å²) in [5.41, 5.74) is 0.0249. The van der Waals surface area contributed by atoms with E-state index in [-0.39, 0.29) is 11.6 Å². The van der Waals surface area contributed by atoms with Crippen molar-refractivity contribution in [1.29, 1.82) is 0 Å². The van der Waals surface area contributed by atoms with Crippen molar-refractivity contribution in [2.75, 3.05) is 0 Å². The van der Waals surface area contributed by atoms with Gasteiger partial charge in [0, 0.05) is 12.3 Å². The molecule has 0 fully saturated rings. The summed E-state index contributed by atoms with van der Waals surface area (Å²) in [6.07, 6.45) is 3.19. The Balaban J connectivity index is 2.69. The van der Waals surface area contributed by atoms with E-state index in [2.05, 4.69) is 39.7 Å². The van der Waals surface area contributed by atoms with Gasteiger partial charge < -0.3 is 4.74 Å². The predicted molar refractivity (Wildman–Crippen MR) is 57.6 cm³/mol. The van der Waals surface area contributed by atoms with Gasteiger partial charge in [-0.25, -0.2) is 0 Å². The number of nitrogens with zero attached hydrogens (tertiary/aromatic N) is 2. The summed E-state index contributed by atoms with van der Waals surface area (Å²) in [6.45, 7) is 10.5. The van der Waals surface area contributed by atoms with E-state index in [1.165, 1.54) is 0 Å². The first-order valence-electron chi connectivity index (χ1n) is 5.16. The Labute approximate surface area is 86.1 Å². The number of hydrogen-bond acceptors (Lipinski definition) is 2. The van der Waals surface area contributed by atoms with Gasteiger partial charge in [-0.2, -0.15) is 0 Å². The second-order valence-corrected chi connectivity index (χ2v) is 4.61. The summed E-state index contributed by atoms with van der Waals surface area (Å²) >= 11 is 0. The van der Waals surface area contributed by atoms with E-state index in [0.717, 1.165) is 6.42 Å². The maximum Gasteiger partial charge on any atom is 0.232 e. The predicted octanol–water partition coefficient (Wildman–Crippen LogP) is 2.82. The zero-order valence-corrected chi connectivity index (χ0v) is 9.74. The molecule has 0 N–H and O–H groups in total. The third kappa shape index (κ3) is 2.76. The number of rotatable bonds is 3. The second-order valence-electron chi connectivity index (χ2n) is 4.61. The van der Waals surface area contributed by atoms with Gasteiger partial charge in [0.1, 0.15) is 0 Å². The maximum absolute atomic E-state index is 5.61. The van der Waals surface area contributed by atoms with Crippen LogP contribution in [0.4, 0.5) is 0 Å². The van der Waals surface area contributed by atoms with Crippen molar-refractivity contribution in [3.8, 4) is 5.88 Å². The van der Waals surface area contributed by atoms with E-state index in [9.17, 15) is 0 Å². The van der Waals surface area contributed by atoms with Gasteiger partial charge in [0.05, 0.1) is 11.6 Å². The average Bonchev–Trinajstić information content (AvgIpc) is 2.51. The number of aromatic nitrogens is 2. The Bertz CT molecular complexity index is 286. The van der Waals surface area contributed by atoms with Gasteiger partial charge in [0.25, 0.3) is 0 Å². The first-order valence-corrected chi connectivity index (χ1v) is 5.16. The molecule has 0 aliphatic carbocycles. The lowest BCUT2D eigenvalue weighted by Crippen LogP contribution is -2.22. The first-order chi connectivity index (χ1) is 6.43. The van der Waals surface area contributed by atoms with Gasteiger partial charge in [-0.3, -0.25) is 4.68 Å². The summed E-state index contributed by atoms with van der Waals surface area (Å²) < 4.78 is 7.53. The molecule has 1 heterocycles. The van der Waals surface area contributed by atoms with Crippen LogP contribution in [0, 0.1) is 0 Å². The maximum atomic E-state index is 5.61. The van der Waals surface area contributed by atoms with Crippen molar-refractivity contribution < 1.29 is 4.74 Å². The van der Waals surface area contributed by atoms with E-state index in [1.807, 2.05) is 16.9 Å². The van der Waals surface area contributed by atoms with Crippen LogP contribution in [0.25, 0.3) is 0 Å². The van der Waals surface area contributed by atoms with Crippen LogP contribution in [0.5, 0.6) is 5.88 Å².